The van der Waals surface area contributed by atoms with Gasteiger partial charge in [0.2, 0.25) is 0 Å². The van der Waals surface area contributed by atoms with Crippen LogP contribution in [-0.2, 0) is 13.0 Å². The number of H-pyrrole nitrogens is 1. The summed E-state index contributed by atoms with van der Waals surface area (Å²) in [6.45, 7) is 0.569. The van der Waals surface area contributed by atoms with Crippen LogP contribution in [0.2, 0.25) is 0 Å². The summed E-state index contributed by atoms with van der Waals surface area (Å²) in [7, 11) is 0. The molecule has 6 nitrogen and oxygen atoms in total. The minimum atomic E-state index is -0.0176. The predicted octanol–water partition coefficient (Wildman–Crippen LogP) is -0.396. The molecule has 0 unspecified atom stereocenters. The normalized spacial score (nSPS) is 10.3. The highest BCUT2D eigenvalue weighted by Crippen LogP contribution is 1.89. The Kier molecular flexibility index (Phi) is 2.35. The second kappa shape index (κ2) is 3.82. The van der Waals surface area contributed by atoms with Gasteiger partial charge in [0.1, 0.15) is 0 Å². The lowest BCUT2D eigenvalue weighted by Crippen LogP contribution is -2.19. The fourth-order valence-electron chi connectivity index (χ4n) is 1.15. The monoisotopic (exact) mass is 191 g/mol. The second-order valence-electron chi connectivity index (χ2n) is 2.81. The minimum absolute atomic E-state index is 0.0176. The fourth-order valence-corrected chi connectivity index (χ4v) is 1.15. The quantitative estimate of drug-likeness (QED) is 0.716. The topological polar surface area (TPSA) is 76.5 Å². The number of nitrogens with one attached hydrogen (secondary N) is 1. The standard InChI is InChI=1S/C8H9N5O/c14-8-3-1-2-5-13(8)6-4-7-9-11-12-10-7/h1-3,5H,4,6H2,(H,9,10,11,12). The molecule has 14 heavy (non-hydrogen) atoms. The van der Waals surface area contributed by atoms with E-state index in [-0.39, 0.29) is 5.56 Å². The molecule has 0 aromatic carbocycles. The molecule has 6 heteroatoms. The van der Waals surface area contributed by atoms with Crippen LogP contribution in [-0.4, -0.2) is 25.2 Å². The summed E-state index contributed by atoms with van der Waals surface area (Å²) in [6.07, 6.45) is 2.34. The van der Waals surface area contributed by atoms with Crippen molar-refractivity contribution >= 4 is 0 Å². The summed E-state index contributed by atoms with van der Waals surface area (Å²) in [6, 6.07) is 5.06. The summed E-state index contributed by atoms with van der Waals surface area (Å²) in [4.78, 5) is 11.3. The SMILES string of the molecule is O=c1ccccn1CCc1nn[nH]n1. The van der Waals surface area contributed by atoms with Gasteiger partial charge in [-0.3, -0.25) is 4.79 Å². The van der Waals surface area contributed by atoms with E-state index >= 15 is 0 Å². The number of aromatic amines is 1. The first-order valence-corrected chi connectivity index (χ1v) is 4.24. The first-order chi connectivity index (χ1) is 6.86. The Morgan fingerprint density at radius 1 is 1.43 bits per heavy atom. The highest BCUT2D eigenvalue weighted by atomic mass is 16.1. The van der Waals surface area contributed by atoms with Gasteiger partial charge in [0.15, 0.2) is 5.82 Å². The lowest BCUT2D eigenvalue weighted by Gasteiger charge is -2.00. The maximum absolute atomic E-state index is 11.3. The molecule has 2 rings (SSSR count). The van der Waals surface area contributed by atoms with E-state index in [4.69, 9.17) is 0 Å². The third-order valence-corrected chi connectivity index (χ3v) is 1.86. The molecule has 2 heterocycles. The van der Waals surface area contributed by atoms with Crippen molar-refractivity contribution in [1.29, 1.82) is 0 Å². The van der Waals surface area contributed by atoms with Gasteiger partial charge in [0.05, 0.1) is 0 Å². The fraction of sp³-hybridized carbons (Fsp3) is 0.250. The average Bonchev–Trinajstić information content (AvgIpc) is 2.69. The zero-order valence-corrected chi connectivity index (χ0v) is 7.42. The third kappa shape index (κ3) is 1.85. The molecule has 0 aliphatic rings. The maximum atomic E-state index is 11.3. The van der Waals surface area contributed by atoms with Crippen molar-refractivity contribution in [2.75, 3.05) is 0 Å². The van der Waals surface area contributed by atoms with Crippen molar-refractivity contribution in [2.24, 2.45) is 0 Å². The van der Waals surface area contributed by atoms with Gasteiger partial charge in [0.25, 0.3) is 5.56 Å². The zero-order chi connectivity index (χ0) is 9.80. The summed E-state index contributed by atoms with van der Waals surface area (Å²) in [5, 5.41) is 13.4. The highest BCUT2D eigenvalue weighted by molar-refractivity contribution is 4.93. The van der Waals surface area contributed by atoms with E-state index in [0.29, 0.717) is 18.8 Å². The van der Waals surface area contributed by atoms with E-state index in [1.54, 1.807) is 16.8 Å². The van der Waals surface area contributed by atoms with Crippen LogP contribution in [0.3, 0.4) is 0 Å². The summed E-state index contributed by atoms with van der Waals surface area (Å²) >= 11 is 0. The Labute approximate surface area is 79.6 Å². The van der Waals surface area contributed by atoms with Crippen LogP contribution < -0.4 is 5.56 Å². The molecule has 0 saturated carbocycles. The Morgan fingerprint density at radius 2 is 2.36 bits per heavy atom. The molecule has 0 fully saturated rings. The Balaban J connectivity index is 2.06. The van der Waals surface area contributed by atoms with E-state index in [1.807, 2.05) is 6.07 Å². The molecule has 0 bridgehead atoms. The van der Waals surface area contributed by atoms with E-state index in [1.165, 1.54) is 6.07 Å². The first kappa shape index (κ1) is 8.61. The largest absolute Gasteiger partial charge is 0.315 e. The van der Waals surface area contributed by atoms with Gasteiger partial charge >= 0.3 is 0 Å². The van der Waals surface area contributed by atoms with Crippen LogP contribution in [0.4, 0.5) is 0 Å². The molecule has 0 aliphatic carbocycles. The third-order valence-electron chi connectivity index (χ3n) is 1.86. The molecular formula is C8H9N5O. The number of hydrogen-bond acceptors (Lipinski definition) is 4. The Bertz CT molecular complexity index is 447. The minimum Gasteiger partial charge on any atom is -0.315 e. The maximum Gasteiger partial charge on any atom is 0.250 e. The molecule has 1 N–H and O–H groups in total. The number of rotatable bonds is 3. The molecule has 0 aliphatic heterocycles. The number of pyridine rings is 1. The summed E-state index contributed by atoms with van der Waals surface area (Å²) < 4.78 is 1.61. The van der Waals surface area contributed by atoms with Crippen molar-refractivity contribution in [1.82, 2.24) is 25.2 Å². The van der Waals surface area contributed by atoms with Crippen molar-refractivity contribution < 1.29 is 0 Å². The molecule has 72 valence electrons. The number of tetrazole rings is 1. The molecule has 2 aromatic heterocycles. The Morgan fingerprint density at radius 3 is 3.07 bits per heavy atom. The predicted molar refractivity (Wildman–Crippen MR) is 48.6 cm³/mol. The second-order valence-corrected chi connectivity index (χ2v) is 2.81. The lowest BCUT2D eigenvalue weighted by atomic mass is 10.4. The molecule has 0 amide bonds. The van der Waals surface area contributed by atoms with E-state index in [2.05, 4.69) is 20.6 Å². The highest BCUT2D eigenvalue weighted by Gasteiger charge is 1.99. The van der Waals surface area contributed by atoms with Crippen molar-refractivity contribution in [3.05, 3.63) is 40.6 Å². The van der Waals surface area contributed by atoms with Crippen LogP contribution in [0.15, 0.2) is 29.2 Å². The van der Waals surface area contributed by atoms with Gasteiger partial charge in [-0.25, -0.2) is 0 Å². The number of nitrogens with zero attached hydrogens (tertiary/aromatic N) is 4. The van der Waals surface area contributed by atoms with Crippen molar-refractivity contribution in [2.45, 2.75) is 13.0 Å². The van der Waals surface area contributed by atoms with Crippen LogP contribution in [0.1, 0.15) is 5.82 Å². The van der Waals surface area contributed by atoms with Crippen molar-refractivity contribution in [3.63, 3.8) is 0 Å². The van der Waals surface area contributed by atoms with Crippen LogP contribution in [0.25, 0.3) is 0 Å². The van der Waals surface area contributed by atoms with Crippen LogP contribution in [0.5, 0.6) is 0 Å². The van der Waals surface area contributed by atoms with Gasteiger partial charge in [-0.1, -0.05) is 11.3 Å². The van der Waals surface area contributed by atoms with E-state index in [9.17, 15) is 4.79 Å². The number of aromatic nitrogens is 5. The van der Waals surface area contributed by atoms with Gasteiger partial charge in [-0.2, -0.15) is 5.21 Å². The average molecular weight is 191 g/mol. The molecular weight excluding hydrogens is 182 g/mol. The Hall–Kier alpha value is -1.98. The first-order valence-electron chi connectivity index (χ1n) is 4.24. The van der Waals surface area contributed by atoms with Gasteiger partial charge in [-0.05, 0) is 6.07 Å². The molecule has 0 radical (unpaired) electrons. The van der Waals surface area contributed by atoms with Crippen LogP contribution >= 0.6 is 0 Å². The smallest absolute Gasteiger partial charge is 0.250 e. The van der Waals surface area contributed by atoms with E-state index in [0.717, 1.165) is 0 Å². The van der Waals surface area contributed by atoms with Gasteiger partial charge in [0, 0.05) is 25.2 Å². The zero-order valence-electron chi connectivity index (χ0n) is 7.42. The van der Waals surface area contributed by atoms with Crippen LogP contribution in [0, 0.1) is 0 Å². The number of hydrogen-bond donors (Lipinski definition) is 1. The van der Waals surface area contributed by atoms with Gasteiger partial charge < -0.3 is 4.57 Å². The summed E-state index contributed by atoms with van der Waals surface area (Å²) in [5.74, 6) is 0.612. The molecule has 0 saturated heterocycles. The van der Waals surface area contributed by atoms with Crippen molar-refractivity contribution in [3.8, 4) is 0 Å². The molecule has 0 spiro atoms. The molecule has 2 aromatic rings. The summed E-state index contributed by atoms with van der Waals surface area (Å²) in [5.41, 5.74) is -0.0176. The number of aryl methyl sites for hydroxylation is 2. The molecule has 0 atom stereocenters. The van der Waals surface area contributed by atoms with Gasteiger partial charge in [-0.15, -0.1) is 10.2 Å². The lowest BCUT2D eigenvalue weighted by molar-refractivity contribution is 0.649. The van der Waals surface area contributed by atoms with E-state index < -0.39 is 0 Å².